The highest BCUT2D eigenvalue weighted by molar-refractivity contribution is 6.12. The predicted molar refractivity (Wildman–Crippen MR) is 62.0 cm³/mol. The number of hydrogen-bond acceptors (Lipinski definition) is 4. The van der Waals surface area contributed by atoms with Gasteiger partial charge in [0.2, 0.25) is 0 Å². The van der Waals surface area contributed by atoms with Gasteiger partial charge < -0.3 is 10.5 Å². The monoisotopic (exact) mass is 238 g/mol. The second-order valence-electron chi connectivity index (χ2n) is 4.57. The lowest BCUT2D eigenvalue weighted by molar-refractivity contribution is -0.138. The molecular formula is C12H18N2O3. The summed E-state index contributed by atoms with van der Waals surface area (Å²) in [7, 11) is 0. The number of hydrogen-bond donors (Lipinski definition) is 1. The Hall–Kier alpha value is -1.20. The molecule has 0 radical (unpaired) electrons. The Kier molecular flexibility index (Phi) is 3.91. The molecule has 1 fully saturated rings. The summed E-state index contributed by atoms with van der Waals surface area (Å²) < 4.78 is 5.66. The van der Waals surface area contributed by atoms with Crippen LogP contribution in [0.3, 0.4) is 0 Å². The van der Waals surface area contributed by atoms with Gasteiger partial charge in [0.1, 0.15) is 0 Å². The van der Waals surface area contributed by atoms with Gasteiger partial charge in [0.05, 0.1) is 19.3 Å². The first-order valence-electron chi connectivity index (χ1n) is 6.07. The first kappa shape index (κ1) is 12.3. The molecule has 0 atom stereocenters. The Bertz CT molecular complexity index is 315. The molecule has 0 bridgehead atoms. The van der Waals surface area contributed by atoms with Gasteiger partial charge in [-0.2, -0.15) is 0 Å². The molecule has 17 heavy (non-hydrogen) atoms. The average Bonchev–Trinajstić information content (AvgIpc) is 2.63. The largest absolute Gasteiger partial charge is 0.376 e. The fourth-order valence-corrected chi connectivity index (χ4v) is 2.22. The first-order valence-corrected chi connectivity index (χ1v) is 6.07. The van der Waals surface area contributed by atoms with Gasteiger partial charge in [-0.3, -0.25) is 14.5 Å². The fourth-order valence-electron chi connectivity index (χ4n) is 2.22. The molecule has 0 saturated heterocycles. The van der Waals surface area contributed by atoms with Crippen molar-refractivity contribution in [2.45, 2.75) is 37.8 Å². The minimum atomic E-state index is -0.246. The van der Waals surface area contributed by atoms with Crippen molar-refractivity contribution >= 4 is 11.8 Å². The number of nitrogens with zero attached hydrogens (tertiary/aromatic N) is 1. The van der Waals surface area contributed by atoms with Crippen LogP contribution in [0.5, 0.6) is 0 Å². The lowest BCUT2D eigenvalue weighted by Crippen LogP contribution is -2.35. The summed E-state index contributed by atoms with van der Waals surface area (Å²) in [5.41, 5.74) is 5.80. The van der Waals surface area contributed by atoms with Crippen molar-refractivity contribution < 1.29 is 14.3 Å². The van der Waals surface area contributed by atoms with Crippen LogP contribution >= 0.6 is 0 Å². The van der Waals surface area contributed by atoms with Crippen LogP contribution in [0.25, 0.3) is 0 Å². The van der Waals surface area contributed by atoms with Crippen molar-refractivity contribution in [3.63, 3.8) is 0 Å². The van der Waals surface area contributed by atoms with Gasteiger partial charge in [-0.1, -0.05) is 0 Å². The van der Waals surface area contributed by atoms with Crippen LogP contribution in [0.1, 0.15) is 25.7 Å². The van der Waals surface area contributed by atoms with Crippen LogP contribution in [-0.4, -0.2) is 42.0 Å². The molecule has 1 aliphatic carbocycles. The number of nitrogens with two attached hydrogens (primary N) is 1. The normalized spacial score (nSPS) is 29.1. The van der Waals surface area contributed by atoms with Gasteiger partial charge in [-0.05, 0) is 25.7 Å². The summed E-state index contributed by atoms with van der Waals surface area (Å²) in [5.74, 6) is -0.492. The molecule has 94 valence electrons. The Labute approximate surface area is 101 Å². The molecule has 0 spiro atoms. The molecule has 1 heterocycles. The summed E-state index contributed by atoms with van der Waals surface area (Å²) in [4.78, 5) is 23.7. The molecule has 0 aromatic carbocycles. The maximum absolute atomic E-state index is 11.3. The van der Waals surface area contributed by atoms with Crippen molar-refractivity contribution in [1.82, 2.24) is 4.90 Å². The molecule has 2 rings (SSSR count). The minimum absolute atomic E-state index is 0.232. The molecular weight excluding hydrogens is 220 g/mol. The van der Waals surface area contributed by atoms with Crippen molar-refractivity contribution in [3.05, 3.63) is 12.2 Å². The van der Waals surface area contributed by atoms with E-state index in [4.69, 9.17) is 10.5 Å². The molecule has 1 aliphatic heterocycles. The molecule has 0 unspecified atom stereocenters. The number of rotatable bonds is 4. The van der Waals surface area contributed by atoms with Crippen molar-refractivity contribution in [1.29, 1.82) is 0 Å². The average molecular weight is 238 g/mol. The van der Waals surface area contributed by atoms with E-state index in [0.29, 0.717) is 19.2 Å². The molecule has 2 amide bonds. The topological polar surface area (TPSA) is 72.6 Å². The van der Waals surface area contributed by atoms with E-state index in [0.717, 1.165) is 25.7 Å². The smallest absolute Gasteiger partial charge is 0.253 e. The Morgan fingerprint density at radius 1 is 1.18 bits per heavy atom. The predicted octanol–water partition coefficient (Wildman–Crippen LogP) is 0.198. The highest BCUT2D eigenvalue weighted by atomic mass is 16.5. The molecule has 2 N–H and O–H groups in total. The fraction of sp³-hybridized carbons (Fsp3) is 0.667. The standard InChI is InChI=1S/C12H18N2O3/c13-9-1-3-10(4-2-9)17-8-7-14-11(15)5-6-12(14)16/h5-6,9-10H,1-4,7-8,13H2. The maximum Gasteiger partial charge on any atom is 0.253 e. The van der Waals surface area contributed by atoms with Crippen LogP contribution in [-0.2, 0) is 14.3 Å². The van der Waals surface area contributed by atoms with E-state index in [9.17, 15) is 9.59 Å². The van der Waals surface area contributed by atoms with Gasteiger partial charge in [0.15, 0.2) is 0 Å². The number of amides is 2. The summed E-state index contributed by atoms with van der Waals surface area (Å²) >= 11 is 0. The summed E-state index contributed by atoms with van der Waals surface area (Å²) in [6.07, 6.45) is 6.75. The van der Waals surface area contributed by atoms with E-state index in [1.807, 2.05) is 0 Å². The van der Waals surface area contributed by atoms with Gasteiger partial charge in [0, 0.05) is 18.2 Å². The minimum Gasteiger partial charge on any atom is -0.376 e. The lowest BCUT2D eigenvalue weighted by Gasteiger charge is -2.26. The molecule has 0 aromatic rings. The third kappa shape index (κ3) is 3.14. The zero-order valence-corrected chi connectivity index (χ0v) is 9.80. The van der Waals surface area contributed by atoms with Gasteiger partial charge in [-0.15, -0.1) is 0 Å². The van der Waals surface area contributed by atoms with Gasteiger partial charge >= 0.3 is 0 Å². The highest BCUT2D eigenvalue weighted by Crippen LogP contribution is 2.19. The number of ether oxygens (including phenoxy) is 1. The van der Waals surface area contributed by atoms with E-state index < -0.39 is 0 Å². The molecule has 2 aliphatic rings. The lowest BCUT2D eigenvalue weighted by atomic mass is 9.94. The van der Waals surface area contributed by atoms with Crippen LogP contribution in [0.15, 0.2) is 12.2 Å². The summed E-state index contributed by atoms with van der Waals surface area (Å²) in [6, 6.07) is 0.306. The first-order chi connectivity index (χ1) is 8.16. The van der Waals surface area contributed by atoms with E-state index in [1.165, 1.54) is 17.1 Å². The molecule has 0 aromatic heterocycles. The van der Waals surface area contributed by atoms with Crippen LogP contribution in [0, 0.1) is 0 Å². The van der Waals surface area contributed by atoms with E-state index in [1.54, 1.807) is 0 Å². The SMILES string of the molecule is NC1CCC(OCCN2C(=O)C=CC2=O)CC1. The number of carbonyl (C=O) groups is 2. The van der Waals surface area contributed by atoms with Gasteiger partial charge in [-0.25, -0.2) is 0 Å². The summed E-state index contributed by atoms with van der Waals surface area (Å²) in [5, 5.41) is 0. The third-order valence-electron chi connectivity index (χ3n) is 3.29. The molecule has 1 saturated carbocycles. The van der Waals surface area contributed by atoms with Crippen LogP contribution in [0.2, 0.25) is 0 Å². The summed E-state index contributed by atoms with van der Waals surface area (Å²) in [6.45, 7) is 0.756. The second kappa shape index (κ2) is 5.42. The maximum atomic E-state index is 11.3. The van der Waals surface area contributed by atoms with Crippen LogP contribution in [0.4, 0.5) is 0 Å². The highest BCUT2D eigenvalue weighted by Gasteiger charge is 2.24. The zero-order valence-electron chi connectivity index (χ0n) is 9.80. The number of carbonyl (C=O) groups excluding carboxylic acids is 2. The Morgan fingerprint density at radius 2 is 1.76 bits per heavy atom. The van der Waals surface area contributed by atoms with Crippen LogP contribution < -0.4 is 5.73 Å². The van der Waals surface area contributed by atoms with E-state index in [2.05, 4.69) is 0 Å². The van der Waals surface area contributed by atoms with Gasteiger partial charge in [0.25, 0.3) is 11.8 Å². The van der Waals surface area contributed by atoms with E-state index >= 15 is 0 Å². The van der Waals surface area contributed by atoms with E-state index in [-0.39, 0.29) is 17.9 Å². The van der Waals surface area contributed by atoms with Crippen molar-refractivity contribution in [2.75, 3.05) is 13.2 Å². The van der Waals surface area contributed by atoms with Crippen molar-refractivity contribution in [3.8, 4) is 0 Å². The molecule has 5 heteroatoms. The molecule has 5 nitrogen and oxygen atoms in total. The number of imide groups is 1. The Morgan fingerprint density at radius 3 is 2.35 bits per heavy atom. The quantitative estimate of drug-likeness (QED) is 0.710. The second-order valence-corrected chi connectivity index (χ2v) is 4.57. The Balaban J connectivity index is 1.66. The zero-order chi connectivity index (χ0) is 12.3. The third-order valence-corrected chi connectivity index (χ3v) is 3.29. The van der Waals surface area contributed by atoms with Crippen molar-refractivity contribution in [2.24, 2.45) is 5.73 Å².